The van der Waals surface area contributed by atoms with Crippen molar-refractivity contribution in [2.75, 3.05) is 38.2 Å². The molecule has 0 atom stereocenters. The van der Waals surface area contributed by atoms with Crippen molar-refractivity contribution in [3.05, 3.63) is 65.2 Å². The molecule has 130 valence electrons. The summed E-state index contributed by atoms with van der Waals surface area (Å²) < 4.78 is 4.78. The number of carbonyl (C=O) groups excluding carboxylic acids is 2. The second-order valence-electron chi connectivity index (χ2n) is 6.19. The number of nitrogens with zero attached hydrogens (tertiary/aromatic N) is 2. The maximum atomic E-state index is 12.6. The van der Waals surface area contributed by atoms with Gasteiger partial charge in [0.1, 0.15) is 0 Å². The van der Waals surface area contributed by atoms with Crippen molar-refractivity contribution >= 4 is 17.6 Å². The number of methoxy groups -OCH3 is 1. The standard InChI is InChI=1S/C20H22N2O3/c1-15-5-3-6-16(13-15)19(23)22-11-9-21(10-12-22)18-8-4-7-17(14-18)20(24)25-2/h3-8,13-14H,9-12H2,1-2H3. The van der Waals surface area contributed by atoms with Crippen LogP contribution in [0.15, 0.2) is 48.5 Å². The predicted octanol–water partition coefficient (Wildman–Crippen LogP) is 2.74. The van der Waals surface area contributed by atoms with Crippen molar-refractivity contribution in [1.82, 2.24) is 4.90 Å². The van der Waals surface area contributed by atoms with E-state index < -0.39 is 0 Å². The third kappa shape index (κ3) is 3.82. The first-order chi connectivity index (χ1) is 12.1. The lowest BCUT2D eigenvalue weighted by molar-refractivity contribution is 0.0600. The summed E-state index contributed by atoms with van der Waals surface area (Å²) in [6, 6.07) is 15.1. The van der Waals surface area contributed by atoms with E-state index in [-0.39, 0.29) is 11.9 Å². The Hall–Kier alpha value is -2.82. The minimum Gasteiger partial charge on any atom is -0.465 e. The number of ether oxygens (including phenoxy) is 1. The number of piperazine rings is 1. The van der Waals surface area contributed by atoms with Gasteiger partial charge in [-0.15, -0.1) is 0 Å². The van der Waals surface area contributed by atoms with Crippen LogP contribution in [0.4, 0.5) is 5.69 Å². The highest BCUT2D eigenvalue weighted by atomic mass is 16.5. The van der Waals surface area contributed by atoms with Gasteiger partial charge in [0, 0.05) is 37.4 Å². The van der Waals surface area contributed by atoms with Gasteiger partial charge < -0.3 is 14.5 Å². The number of hydrogen-bond donors (Lipinski definition) is 0. The first-order valence-corrected chi connectivity index (χ1v) is 8.38. The van der Waals surface area contributed by atoms with Crippen LogP contribution in [0.25, 0.3) is 0 Å². The quantitative estimate of drug-likeness (QED) is 0.808. The molecule has 1 amide bonds. The number of aryl methyl sites for hydroxylation is 1. The topological polar surface area (TPSA) is 49.9 Å². The number of rotatable bonds is 3. The van der Waals surface area contributed by atoms with E-state index in [0.717, 1.165) is 29.9 Å². The van der Waals surface area contributed by atoms with Gasteiger partial charge in [-0.05, 0) is 37.3 Å². The molecule has 1 aliphatic heterocycles. The van der Waals surface area contributed by atoms with Crippen LogP contribution in [0.5, 0.6) is 0 Å². The predicted molar refractivity (Wildman–Crippen MR) is 97.1 cm³/mol. The first kappa shape index (κ1) is 17.0. The Morgan fingerprint density at radius 3 is 2.28 bits per heavy atom. The molecule has 3 rings (SSSR count). The number of hydrogen-bond acceptors (Lipinski definition) is 4. The molecule has 0 aromatic heterocycles. The number of amides is 1. The third-order valence-electron chi connectivity index (χ3n) is 4.46. The molecule has 0 aliphatic carbocycles. The van der Waals surface area contributed by atoms with Gasteiger partial charge in [0.05, 0.1) is 12.7 Å². The van der Waals surface area contributed by atoms with Gasteiger partial charge in [-0.25, -0.2) is 4.79 Å². The van der Waals surface area contributed by atoms with Gasteiger partial charge in [0.2, 0.25) is 0 Å². The maximum absolute atomic E-state index is 12.6. The zero-order valence-electron chi connectivity index (χ0n) is 14.6. The van der Waals surface area contributed by atoms with Crippen LogP contribution in [0.3, 0.4) is 0 Å². The summed E-state index contributed by atoms with van der Waals surface area (Å²) in [5.41, 5.74) is 3.34. The fraction of sp³-hybridized carbons (Fsp3) is 0.300. The van der Waals surface area contributed by atoms with Crippen molar-refractivity contribution in [2.24, 2.45) is 0 Å². The Balaban J connectivity index is 1.66. The second-order valence-corrected chi connectivity index (χ2v) is 6.19. The van der Waals surface area contributed by atoms with E-state index in [2.05, 4.69) is 4.90 Å². The lowest BCUT2D eigenvalue weighted by atomic mass is 10.1. The Morgan fingerprint density at radius 2 is 1.60 bits per heavy atom. The van der Waals surface area contributed by atoms with Gasteiger partial charge in [0.25, 0.3) is 5.91 Å². The summed E-state index contributed by atoms with van der Waals surface area (Å²) in [6.45, 7) is 4.79. The molecule has 1 saturated heterocycles. The van der Waals surface area contributed by atoms with Crippen molar-refractivity contribution in [3.8, 4) is 0 Å². The molecular formula is C20H22N2O3. The monoisotopic (exact) mass is 338 g/mol. The zero-order chi connectivity index (χ0) is 17.8. The average molecular weight is 338 g/mol. The van der Waals surface area contributed by atoms with Gasteiger partial charge in [-0.1, -0.05) is 23.8 Å². The van der Waals surface area contributed by atoms with E-state index in [9.17, 15) is 9.59 Å². The maximum Gasteiger partial charge on any atom is 0.337 e. The van der Waals surface area contributed by atoms with E-state index in [1.807, 2.05) is 54.3 Å². The van der Waals surface area contributed by atoms with Crippen molar-refractivity contribution in [1.29, 1.82) is 0 Å². The molecule has 0 N–H and O–H groups in total. The summed E-state index contributed by atoms with van der Waals surface area (Å²) in [5, 5.41) is 0. The lowest BCUT2D eigenvalue weighted by Crippen LogP contribution is -2.48. The van der Waals surface area contributed by atoms with E-state index >= 15 is 0 Å². The summed E-state index contributed by atoms with van der Waals surface area (Å²) in [6.07, 6.45) is 0. The van der Waals surface area contributed by atoms with Gasteiger partial charge in [0.15, 0.2) is 0 Å². The Kier molecular flexibility index (Phi) is 5.03. The van der Waals surface area contributed by atoms with E-state index in [0.29, 0.717) is 18.7 Å². The van der Waals surface area contributed by atoms with Crippen LogP contribution in [-0.2, 0) is 4.74 Å². The number of esters is 1. The second kappa shape index (κ2) is 7.38. The molecule has 1 heterocycles. The smallest absolute Gasteiger partial charge is 0.337 e. The fourth-order valence-electron chi connectivity index (χ4n) is 3.08. The molecule has 2 aromatic carbocycles. The van der Waals surface area contributed by atoms with E-state index in [4.69, 9.17) is 4.74 Å². The highest BCUT2D eigenvalue weighted by molar-refractivity contribution is 5.94. The third-order valence-corrected chi connectivity index (χ3v) is 4.46. The van der Waals surface area contributed by atoms with Gasteiger partial charge >= 0.3 is 5.97 Å². The number of carbonyl (C=O) groups is 2. The molecule has 0 saturated carbocycles. The molecule has 25 heavy (non-hydrogen) atoms. The summed E-state index contributed by atoms with van der Waals surface area (Å²) in [4.78, 5) is 28.4. The number of benzene rings is 2. The summed E-state index contributed by atoms with van der Waals surface area (Å²) in [7, 11) is 1.38. The molecule has 0 bridgehead atoms. The SMILES string of the molecule is COC(=O)c1cccc(N2CCN(C(=O)c3cccc(C)c3)CC2)c1. The Bertz CT molecular complexity index is 780. The minimum atomic E-state index is -0.338. The molecule has 5 nitrogen and oxygen atoms in total. The molecule has 0 unspecified atom stereocenters. The summed E-state index contributed by atoms with van der Waals surface area (Å²) >= 11 is 0. The Labute approximate surface area is 147 Å². The van der Waals surface area contributed by atoms with Gasteiger partial charge in [-0.3, -0.25) is 4.79 Å². The molecule has 0 radical (unpaired) electrons. The van der Waals surface area contributed by atoms with E-state index in [1.54, 1.807) is 6.07 Å². The minimum absolute atomic E-state index is 0.0756. The van der Waals surface area contributed by atoms with Crippen LogP contribution in [0.1, 0.15) is 26.3 Å². The molecule has 5 heteroatoms. The van der Waals surface area contributed by atoms with E-state index in [1.165, 1.54) is 7.11 Å². The van der Waals surface area contributed by atoms with Crippen LogP contribution in [0, 0.1) is 6.92 Å². The molecule has 2 aromatic rings. The van der Waals surface area contributed by atoms with Crippen molar-refractivity contribution in [3.63, 3.8) is 0 Å². The normalized spacial score (nSPS) is 14.3. The largest absolute Gasteiger partial charge is 0.465 e. The van der Waals surface area contributed by atoms with Crippen LogP contribution >= 0.6 is 0 Å². The van der Waals surface area contributed by atoms with Crippen LogP contribution in [0.2, 0.25) is 0 Å². The highest BCUT2D eigenvalue weighted by Crippen LogP contribution is 2.19. The van der Waals surface area contributed by atoms with Crippen molar-refractivity contribution < 1.29 is 14.3 Å². The first-order valence-electron chi connectivity index (χ1n) is 8.38. The van der Waals surface area contributed by atoms with Crippen LogP contribution in [-0.4, -0.2) is 50.1 Å². The summed E-state index contributed by atoms with van der Waals surface area (Å²) in [5.74, 6) is -0.262. The molecule has 0 spiro atoms. The Morgan fingerprint density at radius 1 is 0.920 bits per heavy atom. The fourth-order valence-corrected chi connectivity index (χ4v) is 3.08. The molecule has 1 fully saturated rings. The number of anilines is 1. The van der Waals surface area contributed by atoms with Crippen LogP contribution < -0.4 is 4.90 Å². The van der Waals surface area contributed by atoms with Gasteiger partial charge in [-0.2, -0.15) is 0 Å². The molecule has 1 aliphatic rings. The molecular weight excluding hydrogens is 316 g/mol. The average Bonchev–Trinajstić information content (AvgIpc) is 2.67. The highest BCUT2D eigenvalue weighted by Gasteiger charge is 2.22. The lowest BCUT2D eigenvalue weighted by Gasteiger charge is -2.36. The van der Waals surface area contributed by atoms with Crippen molar-refractivity contribution in [2.45, 2.75) is 6.92 Å². The zero-order valence-corrected chi connectivity index (χ0v) is 14.6.